The molecule has 0 spiro atoms. The number of para-hydroxylation sites is 1. The topological polar surface area (TPSA) is 76.9 Å². The minimum Gasteiger partial charge on any atom is -0.422 e. The molecule has 2 aromatic carbocycles. The van der Waals surface area contributed by atoms with Crippen molar-refractivity contribution in [3.63, 3.8) is 0 Å². The third kappa shape index (κ3) is 3.12. The lowest BCUT2D eigenvalue weighted by Crippen LogP contribution is -2.24. The molecule has 2 N–H and O–H groups in total. The van der Waals surface area contributed by atoms with Crippen LogP contribution in [-0.2, 0) is 5.41 Å². The summed E-state index contributed by atoms with van der Waals surface area (Å²) in [4.78, 5) is 0. The van der Waals surface area contributed by atoms with Crippen molar-refractivity contribution in [1.29, 1.82) is 5.26 Å². The molecule has 0 fully saturated rings. The van der Waals surface area contributed by atoms with E-state index >= 15 is 0 Å². The first-order valence-electron chi connectivity index (χ1n) is 9.44. The molecule has 0 saturated heterocycles. The summed E-state index contributed by atoms with van der Waals surface area (Å²) in [6.07, 6.45) is 0. The highest BCUT2D eigenvalue weighted by Crippen LogP contribution is 2.49. The number of aromatic nitrogens is 2. The molecule has 1 aliphatic heterocycles. The van der Waals surface area contributed by atoms with Crippen molar-refractivity contribution in [3.05, 3.63) is 87.6 Å². The predicted molar refractivity (Wildman–Crippen MR) is 113 cm³/mol. The average Bonchev–Trinajstić information content (AvgIpc) is 3.08. The number of nitriles is 1. The van der Waals surface area contributed by atoms with E-state index in [1.807, 2.05) is 51.1 Å². The number of allylic oxidation sites excluding steroid dienone is 1. The fourth-order valence-electron chi connectivity index (χ4n) is 3.71. The maximum atomic E-state index is 15.0. The van der Waals surface area contributed by atoms with Crippen molar-refractivity contribution in [3.8, 4) is 17.6 Å². The Morgan fingerprint density at radius 3 is 2.43 bits per heavy atom. The van der Waals surface area contributed by atoms with E-state index < -0.39 is 17.2 Å². The molecule has 7 heteroatoms. The minimum absolute atomic E-state index is 0.0909. The van der Waals surface area contributed by atoms with Gasteiger partial charge in [-0.1, -0.05) is 56.6 Å². The number of rotatable bonds is 2. The van der Waals surface area contributed by atoms with E-state index in [-0.39, 0.29) is 22.0 Å². The lowest BCUT2D eigenvalue weighted by atomic mass is 9.78. The van der Waals surface area contributed by atoms with Crippen molar-refractivity contribution in [1.82, 2.24) is 9.78 Å². The Morgan fingerprint density at radius 2 is 1.83 bits per heavy atom. The largest absolute Gasteiger partial charge is 0.422 e. The van der Waals surface area contributed by atoms with Crippen LogP contribution in [-0.4, -0.2) is 9.78 Å². The van der Waals surface area contributed by atoms with Gasteiger partial charge < -0.3 is 10.5 Å². The van der Waals surface area contributed by atoms with Crippen molar-refractivity contribution in [2.24, 2.45) is 5.73 Å². The summed E-state index contributed by atoms with van der Waals surface area (Å²) in [5.41, 5.74) is 8.01. The van der Waals surface area contributed by atoms with Crippen LogP contribution in [0.15, 0.2) is 60.0 Å². The van der Waals surface area contributed by atoms with Gasteiger partial charge in [-0.15, -0.1) is 0 Å². The molecule has 0 amide bonds. The number of hydrogen-bond acceptors (Lipinski definition) is 4. The maximum Gasteiger partial charge on any atom is 0.229 e. The molecule has 4 rings (SSSR count). The summed E-state index contributed by atoms with van der Waals surface area (Å²) in [6, 6.07) is 16.0. The molecule has 0 bridgehead atoms. The summed E-state index contributed by atoms with van der Waals surface area (Å²) in [5.74, 6) is -1.09. The Bertz CT molecular complexity index is 1180. The van der Waals surface area contributed by atoms with Crippen molar-refractivity contribution < 1.29 is 9.13 Å². The van der Waals surface area contributed by atoms with E-state index in [4.69, 9.17) is 27.2 Å². The van der Waals surface area contributed by atoms with E-state index in [9.17, 15) is 9.65 Å². The standard InChI is InChI=1S/C23H20ClFN4O/c1-23(2,3)20-19-17(18-15(24)10-7-11-16(18)25)14(12-26)21(27)30-22(19)29(28-20)13-8-5-4-6-9-13/h4-11,17H,27H2,1-3H3. The molecule has 152 valence electrons. The number of halogens is 2. The Labute approximate surface area is 179 Å². The van der Waals surface area contributed by atoms with Crippen molar-refractivity contribution in [2.75, 3.05) is 0 Å². The van der Waals surface area contributed by atoms with Gasteiger partial charge in [-0.2, -0.15) is 10.4 Å². The van der Waals surface area contributed by atoms with Crippen LogP contribution in [0.4, 0.5) is 4.39 Å². The SMILES string of the molecule is CC(C)(C)c1nn(-c2ccccc2)c2c1C(c1c(F)cccc1Cl)C(C#N)=C(N)O2. The third-order valence-corrected chi connectivity index (χ3v) is 5.38. The summed E-state index contributed by atoms with van der Waals surface area (Å²) in [6.45, 7) is 6.00. The first-order valence-corrected chi connectivity index (χ1v) is 9.82. The van der Waals surface area contributed by atoms with Crippen molar-refractivity contribution >= 4 is 11.6 Å². The second kappa shape index (κ2) is 7.19. The van der Waals surface area contributed by atoms with Crippen LogP contribution >= 0.6 is 11.6 Å². The third-order valence-electron chi connectivity index (χ3n) is 5.05. The molecule has 1 atom stereocenters. The summed E-state index contributed by atoms with van der Waals surface area (Å²) >= 11 is 6.41. The molecular weight excluding hydrogens is 403 g/mol. The fraction of sp³-hybridized carbons (Fsp3) is 0.217. The molecule has 5 nitrogen and oxygen atoms in total. The number of fused-ring (bicyclic) bond motifs is 1. The Balaban J connectivity index is 2.10. The molecule has 3 aromatic rings. The monoisotopic (exact) mass is 422 g/mol. The molecule has 1 aliphatic rings. The molecule has 1 aromatic heterocycles. The van der Waals surface area contributed by atoms with Crippen molar-refractivity contribution in [2.45, 2.75) is 32.1 Å². The van der Waals surface area contributed by atoms with E-state index in [0.29, 0.717) is 17.1 Å². The quantitative estimate of drug-likeness (QED) is 0.617. The maximum absolute atomic E-state index is 15.0. The van der Waals surface area contributed by atoms with E-state index in [2.05, 4.69) is 6.07 Å². The van der Waals surface area contributed by atoms with Crippen LogP contribution in [0.2, 0.25) is 5.02 Å². The number of ether oxygens (including phenoxy) is 1. The molecular formula is C23H20ClFN4O. The molecule has 2 heterocycles. The second-order valence-corrected chi connectivity index (χ2v) is 8.53. The van der Waals surface area contributed by atoms with Crippen LogP contribution in [0.25, 0.3) is 5.69 Å². The van der Waals surface area contributed by atoms with Gasteiger partial charge in [0.2, 0.25) is 11.8 Å². The molecule has 30 heavy (non-hydrogen) atoms. The van der Waals surface area contributed by atoms with Gasteiger partial charge in [-0.05, 0) is 24.3 Å². The number of nitrogens with zero attached hydrogens (tertiary/aromatic N) is 3. The Kier molecular flexibility index (Phi) is 4.79. The van der Waals surface area contributed by atoms with Gasteiger partial charge >= 0.3 is 0 Å². The van der Waals surface area contributed by atoms with Gasteiger partial charge in [0.25, 0.3) is 0 Å². The zero-order valence-electron chi connectivity index (χ0n) is 16.8. The minimum atomic E-state index is -0.834. The van der Waals surface area contributed by atoms with Gasteiger partial charge in [-0.3, -0.25) is 0 Å². The van der Waals surface area contributed by atoms with Crippen LogP contribution in [0.5, 0.6) is 5.88 Å². The molecule has 1 unspecified atom stereocenters. The average molecular weight is 423 g/mol. The van der Waals surface area contributed by atoms with Gasteiger partial charge in [-0.25, -0.2) is 9.07 Å². The smallest absolute Gasteiger partial charge is 0.229 e. The molecule has 0 saturated carbocycles. The Morgan fingerprint density at radius 1 is 1.13 bits per heavy atom. The summed E-state index contributed by atoms with van der Waals surface area (Å²) in [7, 11) is 0. The number of benzene rings is 2. The zero-order chi connectivity index (χ0) is 21.6. The van der Waals surface area contributed by atoms with Crippen LogP contribution in [0.3, 0.4) is 0 Å². The normalized spacial score (nSPS) is 16.1. The molecule has 0 aliphatic carbocycles. The second-order valence-electron chi connectivity index (χ2n) is 8.12. The highest BCUT2D eigenvalue weighted by Gasteiger charge is 2.41. The predicted octanol–water partition coefficient (Wildman–Crippen LogP) is 5.18. The van der Waals surface area contributed by atoms with E-state index in [0.717, 1.165) is 5.69 Å². The first-order chi connectivity index (χ1) is 14.2. The molecule has 0 radical (unpaired) electrons. The van der Waals surface area contributed by atoms with Gasteiger partial charge in [0.15, 0.2) is 0 Å². The first kappa shape index (κ1) is 20.0. The van der Waals surface area contributed by atoms with Gasteiger partial charge in [0.1, 0.15) is 17.5 Å². The summed E-state index contributed by atoms with van der Waals surface area (Å²) in [5, 5.41) is 14.9. The van der Waals surface area contributed by atoms with Crippen LogP contribution < -0.4 is 10.5 Å². The zero-order valence-corrected chi connectivity index (χ0v) is 17.5. The lowest BCUT2D eigenvalue weighted by Gasteiger charge is -2.28. The Hall–Kier alpha value is -3.30. The van der Waals surface area contributed by atoms with Gasteiger partial charge in [0.05, 0.1) is 22.9 Å². The van der Waals surface area contributed by atoms with E-state index in [1.54, 1.807) is 10.7 Å². The highest BCUT2D eigenvalue weighted by molar-refractivity contribution is 6.31. The number of nitrogens with two attached hydrogens (primary N) is 1. The van der Waals surface area contributed by atoms with Crippen LogP contribution in [0, 0.1) is 17.1 Å². The van der Waals surface area contributed by atoms with E-state index in [1.165, 1.54) is 12.1 Å². The summed E-state index contributed by atoms with van der Waals surface area (Å²) < 4.78 is 22.5. The highest BCUT2D eigenvalue weighted by atomic mass is 35.5. The fourth-order valence-corrected chi connectivity index (χ4v) is 3.98. The van der Waals surface area contributed by atoms with Crippen LogP contribution in [0.1, 0.15) is 43.5 Å². The van der Waals surface area contributed by atoms with Gasteiger partial charge in [0, 0.05) is 16.0 Å². The number of hydrogen-bond donors (Lipinski definition) is 1. The lowest BCUT2D eigenvalue weighted by molar-refractivity contribution is 0.366.